The zero-order chi connectivity index (χ0) is 25.3. The van der Waals surface area contributed by atoms with Crippen molar-refractivity contribution in [3.63, 3.8) is 0 Å². The Hall–Kier alpha value is -0.640. The molecule has 3 saturated heterocycles. The van der Waals surface area contributed by atoms with Crippen molar-refractivity contribution in [2.75, 3.05) is 19.8 Å². The van der Waals surface area contributed by atoms with Crippen LogP contribution in [0.1, 0.15) is 0 Å². The Bertz CT molecular complexity index is 635. The summed E-state index contributed by atoms with van der Waals surface area (Å²) in [5.74, 6) is 0. The van der Waals surface area contributed by atoms with Crippen LogP contribution in [-0.2, 0) is 23.7 Å². The smallest absolute Gasteiger partial charge is 0.187 e. The summed E-state index contributed by atoms with van der Waals surface area (Å²) in [6.45, 7) is -2.32. The van der Waals surface area contributed by atoms with Gasteiger partial charge >= 0.3 is 0 Å². The van der Waals surface area contributed by atoms with E-state index in [0.717, 1.165) is 0 Å². The molecule has 3 heterocycles. The van der Waals surface area contributed by atoms with Crippen molar-refractivity contribution in [3.8, 4) is 0 Å². The quantitative estimate of drug-likeness (QED) is 0.154. The van der Waals surface area contributed by atoms with Crippen LogP contribution in [0.15, 0.2) is 0 Å². The molecule has 6 unspecified atom stereocenters. The number of aliphatic hydroxyl groups is 11. The molecule has 0 spiro atoms. The van der Waals surface area contributed by atoms with Gasteiger partial charge in [-0.05, 0) is 0 Å². The first-order valence-corrected chi connectivity index (χ1v) is 10.6. The number of hydrogen-bond acceptors (Lipinski definition) is 16. The van der Waals surface area contributed by atoms with Gasteiger partial charge in [0.05, 0.1) is 19.8 Å². The van der Waals surface area contributed by atoms with Gasteiger partial charge in [0.2, 0.25) is 0 Å². The van der Waals surface area contributed by atoms with E-state index >= 15 is 0 Å². The Morgan fingerprint density at radius 3 is 1.35 bits per heavy atom. The third kappa shape index (κ3) is 5.37. The summed E-state index contributed by atoms with van der Waals surface area (Å²) in [4.78, 5) is 0. The SMILES string of the molecule is OCC1O[C@@H](O[C@@H]2C(CO)O[C@H](O[C@H]3C(CO)O[C@H](O)C(O)[C@H]3O)C(O)[C@H]2O)C(O)[C@@H](O)[C@@H]1O. The van der Waals surface area contributed by atoms with Gasteiger partial charge in [-0.3, -0.25) is 0 Å². The summed E-state index contributed by atoms with van der Waals surface area (Å²) < 4.78 is 26.4. The number of aliphatic hydroxyl groups excluding tert-OH is 11. The third-order valence-electron chi connectivity index (χ3n) is 6.09. The molecule has 3 rings (SSSR count). The fourth-order valence-corrected chi connectivity index (χ4v) is 4.06. The van der Waals surface area contributed by atoms with Crippen LogP contribution in [-0.4, -0.2) is 168 Å². The van der Waals surface area contributed by atoms with Gasteiger partial charge in [-0.25, -0.2) is 0 Å². The van der Waals surface area contributed by atoms with E-state index in [0.29, 0.717) is 0 Å². The summed E-state index contributed by atoms with van der Waals surface area (Å²) in [6.07, 6.45) is -25.1. The first kappa shape index (κ1) is 27.9. The number of hydrogen-bond donors (Lipinski definition) is 11. The van der Waals surface area contributed by atoms with Gasteiger partial charge in [-0.1, -0.05) is 0 Å². The monoisotopic (exact) mass is 504 g/mol. The Labute approximate surface area is 192 Å². The molecule has 3 aliphatic rings. The molecule has 15 atom stereocenters. The van der Waals surface area contributed by atoms with Gasteiger partial charge in [0.25, 0.3) is 0 Å². The molecule has 200 valence electrons. The van der Waals surface area contributed by atoms with Gasteiger partial charge in [-0.15, -0.1) is 0 Å². The number of rotatable bonds is 7. The molecule has 16 heteroatoms. The minimum atomic E-state index is -1.91. The maximum atomic E-state index is 10.6. The van der Waals surface area contributed by atoms with E-state index in [-0.39, 0.29) is 0 Å². The van der Waals surface area contributed by atoms with Crippen LogP contribution in [0.25, 0.3) is 0 Å². The predicted molar refractivity (Wildman–Crippen MR) is 101 cm³/mol. The molecule has 0 aliphatic carbocycles. The molecule has 0 bridgehead atoms. The fraction of sp³-hybridized carbons (Fsp3) is 1.00. The molecule has 3 aliphatic heterocycles. The third-order valence-corrected chi connectivity index (χ3v) is 6.09. The molecule has 0 aromatic carbocycles. The molecular weight excluding hydrogens is 472 g/mol. The highest BCUT2D eigenvalue weighted by molar-refractivity contribution is 4.96. The topological polar surface area (TPSA) is 269 Å². The second-order valence-corrected chi connectivity index (χ2v) is 8.33. The first-order valence-electron chi connectivity index (χ1n) is 10.6. The fourth-order valence-electron chi connectivity index (χ4n) is 4.06. The molecule has 0 radical (unpaired) electrons. The van der Waals surface area contributed by atoms with Gasteiger partial charge in [-0.2, -0.15) is 0 Å². The van der Waals surface area contributed by atoms with E-state index in [1.807, 2.05) is 0 Å². The van der Waals surface area contributed by atoms with Crippen molar-refractivity contribution < 1.29 is 79.9 Å². The normalized spacial score (nSPS) is 52.5. The van der Waals surface area contributed by atoms with Crippen LogP contribution >= 0.6 is 0 Å². The highest BCUT2D eigenvalue weighted by Gasteiger charge is 2.53. The molecule has 0 aromatic rings. The van der Waals surface area contributed by atoms with Crippen molar-refractivity contribution in [1.82, 2.24) is 0 Å². The van der Waals surface area contributed by atoms with E-state index in [1.54, 1.807) is 0 Å². The van der Waals surface area contributed by atoms with Crippen LogP contribution < -0.4 is 0 Å². The summed E-state index contributed by atoms with van der Waals surface area (Å²) in [6, 6.07) is 0. The molecule has 0 amide bonds. The standard InChI is InChI=1S/C18H32O16/c19-1-4-7(22)8(23)12(27)17(31-4)34-15-6(3-21)32-18(13(28)10(15)25)33-14-5(2-20)30-16(29)11(26)9(14)24/h4-29H,1-3H2/t4?,5?,6?,7-,8+,9-,10-,11?,12?,13?,14+,15-,16+,17+,18-/m1/s1. The summed E-state index contributed by atoms with van der Waals surface area (Å²) >= 11 is 0. The molecule has 34 heavy (non-hydrogen) atoms. The maximum absolute atomic E-state index is 10.6. The molecule has 16 nitrogen and oxygen atoms in total. The predicted octanol–water partition coefficient (Wildman–Crippen LogP) is -7.57. The van der Waals surface area contributed by atoms with Crippen LogP contribution in [0.4, 0.5) is 0 Å². The zero-order valence-corrected chi connectivity index (χ0v) is 17.7. The Kier molecular flexibility index (Phi) is 9.54. The van der Waals surface area contributed by atoms with Gasteiger partial charge in [0, 0.05) is 0 Å². The number of ether oxygens (including phenoxy) is 5. The second-order valence-electron chi connectivity index (χ2n) is 8.33. The second kappa shape index (κ2) is 11.6. The summed E-state index contributed by atoms with van der Waals surface area (Å²) in [5.41, 5.74) is 0. The van der Waals surface area contributed by atoms with Gasteiger partial charge in [0.15, 0.2) is 18.9 Å². The molecular formula is C18H32O16. The summed E-state index contributed by atoms with van der Waals surface area (Å²) in [5, 5.41) is 109. The van der Waals surface area contributed by atoms with Crippen LogP contribution in [0.2, 0.25) is 0 Å². The first-order chi connectivity index (χ1) is 16.0. The van der Waals surface area contributed by atoms with E-state index in [9.17, 15) is 56.2 Å². The lowest BCUT2D eigenvalue weighted by molar-refractivity contribution is -0.377. The minimum Gasteiger partial charge on any atom is -0.394 e. The van der Waals surface area contributed by atoms with E-state index in [1.165, 1.54) is 0 Å². The average Bonchev–Trinajstić information content (AvgIpc) is 2.83. The van der Waals surface area contributed by atoms with Gasteiger partial charge in [0.1, 0.15) is 73.2 Å². The Morgan fingerprint density at radius 1 is 0.441 bits per heavy atom. The zero-order valence-electron chi connectivity index (χ0n) is 17.7. The Morgan fingerprint density at radius 2 is 0.853 bits per heavy atom. The van der Waals surface area contributed by atoms with Crippen LogP contribution in [0.5, 0.6) is 0 Å². The van der Waals surface area contributed by atoms with Crippen molar-refractivity contribution in [3.05, 3.63) is 0 Å². The van der Waals surface area contributed by atoms with Crippen molar-refractivity contribution >= 4 is 0 Å². The van der Waals surface area contributed by atoms with Crippen LogP contribution in [0.3, 0.4) is 0 Å². The van der Waals surface area contributed by atoms with Crippen molar-refractivity contribution in [1.29, 1.82) is 0 Å². The molecule has 3 fully saturated rings. The van der Waals surface area contributed by atoms with Gasteiger partial charge < -0.3 is 79.9 Å². The molecule has 0 saturated carbocycles. The molecule has 0 aromatic heterocycles. The summed E-state index contributed by atoms with van der Waals surface area (Å²) in [7, 11) is 0. The largest absolute Gasteiger partial charge is 0.394 e. The van der Waals surface area contributed by atoms with E-state index in [4.69, 9.17) is 23.7 Å². The maximum Gasteiger partial charge on any atom is 0.187 e. The van der Waals surface area contributed by atoms with E-state index < -0.39 is 112 Å². The Balaban J connectivity index is 1.72. The lowest BCUT2D eigenvalue weighted by Crippen LogP contribution is -2.66. The highest BCUT2D eigenvalue weighted by atomic mass is 16.8. The molecule has 11 N–H and O–H groups in total. The minimum absolute atomic E-state index is 0.741. The lowest BCUT2D eigenvalue weighted by atomic mass is 9.96. The highest BCUT2D eigenvalue weighted by Crippen LogP contribution is 2.32. The van der Waals surface area contributed by atoms with E-state index in [2.05, 4.69) is 0 Å². The van der Waals surface area contributed by atoms with Crippen molar-refractivity contribution in [2.45, 2.75) is 92.1 Å². The lowest BCUT2D eigenvalue weighted by Gasteiger charge is -2.47. The average molecular weight is 504 g/mol. The van der Waals surface area contributed by atoms with Crippen LogP contribution in [0, 0.1) is 0 Å². The van der Waals surface area contributed by atoms with Crippen molar-refractivity contribution in [2.24, 2.45) is 0 Å².